The average molecular weight is 493 g/mol. The fraction of sp³-hybridized carbons (Fsp3) is 0.350. The molecular weight excluding hydrogens is 473 g/mol. The van der Waals surface area contributed by atoms with Gasteiger partial charge in [-0.05, 0) is 61.6 Å². The third-order valence-electron chi connectivity index (χ3n) is 5.06. The summed E-state index contributed by atoms with van der Waals surface area (Å²) >= 11 is 7.10. The number of benzene rings is 2. The number of hydrogen-bond donors (Lipinski definition) is 1. The summed E-state index contributed by atoms with van der Waals surface area (Å²) in [6, 6.07) is 9.75. The van der Waals surface area contributed by atoms with Crippen LogP contribution in [0.2, 0.25) is 5.02 Å². The number of halogens is 4. The molecule has 3 rings (SSSR count). The molecule has 1 aliphatic heterocycles. The van der Waals surface area contributed by atoms with Gasteiger partial charge in [0, 0.05) is 29.6 Å². The molecule has 2 aromatic carbocycles. The topological polar surface area (TPSA) is 66.5 Å². The van der Waals surface area contributed by atoms with Crippen molar-refractivity contribution < 1.29 is 26.4 Å². The van der Waals surface area contributed by atoms with E-state index in [0.717, 1.165) is 17.0 Å². The minimum Gasteiger partial charge on any atom is -0.326 e. The second kappa shape index (κ2) is 9.40. The lowest BCUT2D eigenvalue weighted by Gasteiger charge is -2.30. The van der Waals surface area contributed by atoms with Crippen molar-refractivity contribution in [1.82, 2.24) is 4.31 Å². The second-order valence-corrected chi connectivity index (χ2v) is 10.3. The van der Waals surface area contributed by atoms with Gasteiger partial charge in [-0.3, -0.25) is 4.79 Å². The first-order chi connectivity index (χ1) is 14.5. The van der Waals surface area contributed by atoms with Gasteiger partial charge in [-0.25, -0.2) is 8.42 Å². The van der Waals surface area contributed by atoms with Crippen molar-refractivity contribution in [2.24, 2.45) is 5.92 Å². The van der Waals surface area contributed by atoms with E-state index in [4.69, 9.17) is 11.6 Å². The Morgan fingerprint density at radius 3 is 2.29 bits per heavy atom. The highest BCUT2D eigenvalue weighted by atomic mass is 35.5. The lowest BCUT2D eigenvalue weighted by atomic mass is 9.97. The highest BCUT2D eigenvalue weighted by molar-refractivity contribution is 7.98. The smallest absolute Gasteiger partial charge is 0.326 e. The van der Waals surface area contributed by atoms with E-state index < -0.39 is 38.6 Å². The minimum atomic E-state index is -4.63. The number of piperidine rings is 1. The summed E-state index contributed by atoms with van der Waals surface area (Å²) in [7, 11) is -3.67. The molecule has 0 atom stereocenters. The summed E-state index contributed by atoms with van der Waals surface area (Å²) in [6.07, 6.45) is -2.19. The molecular formula is C20H20ClF3N2O3S2. The van der Waals surface area contributed by atoms with Crippen LogP contribution in [0, 0.1) is 5.92 Å². The summed E-state index contributed by atoms with van der Waals surface area (Å²) in [5.41, 5.74) is -1.04. The quantitative estimate of drug-likeness (QED) is 0.588. The molecule has 2 aromatic rings. The van der Waals surface area contributed by atoms with E-state index in [0.29, 0.717) is 0 Å². The predicted molar refractivity (Wildman–Crippen MR) is 115 cm³/mol. The van der Waals surface area contributed by atoms with Gasteiger partial charge in [0.25, 0.3) is 0 Å². The predicted octanol–water partition coefficient (Wildman–Crippen LogP) is 5.12. The van der Waals surface area contributed by atoms with Gasteiger partial charge in [0.05, 0.1) is 15.5 Å². The van der Waals surface area contributed by atoms with Crippen molar-refractivity contribution in [2.45, 2.75) is 28.8 Å². The molecule has 11 heteroatoms. The SMILES string of the molecule is CSc1ccc(S(=O)(=O)N2CCC(C(=O)Nc3ccc(Cl)c(C(F)(F)F)c3)CC2)cc1. The summed E-state index contributed by atoms with van der Waals surface area (Å²) < 4.78 is 66.0. The molecule has 1 fully saturated rings. The summed E-state index contributed by atoms with van der Waals surface area (Å²) in [5.74, 6) is -0.952. The Morgan fingerprint density at radius 1 is 1.13 bits per heavy atom. The molecule has 5 nitrogen and oxygen atoms in total. The maximum Gasteiger partial charge on any atom is 0.417 e. The zero-order chi connectivity index (χ0) is 22.8. The molecule has 1 saturated heterocycles. The maximum atomic E-state index is 13.0. The van der Waals surface area contributed by atoms with Gasteiger partial charge >= 0.3 is 6.18 Å². The number of hydrogen-bond acceptors (Lipinski definition) is 4. The Labute approximate surface area is 188 Å². The van der Waals surface area contributed by atoms with E-state index in [1.54, 1.807) is 24.3 Å². The van der Waals surface area contributed by atoms with Crippen LogP contribution in [0.25, 0.3) is 0 Å². The zero-order valence-corrected chi connectivity index (χ0v) is 18.8. The van der Waals surface area contributed by atoms with Crippen molar-refractivity contribution in [2.75, 3.05) is 24.7 Å². The Balaban J connectivity index is 1.63. The van der Waals surface area contributed by atoms with Crippen molar-refractivity contribution in [3.05, 3.63) is 53.1 Å². The molecule has 0 unspecified atom stereocenters. The van der Waals surface area contributed by atoms with Crippen LogP contribution >= 0.6 is 23.4 Å². The monoisotopic (exact) mass is 492 g/mol. The molecule has 0 bridgehead atoms. The Morgan fingerprint density at radius 2 is 1.74 bits per heavy atom. The number of rotatable bonds is 5. The number of carbonyl (C=O) groups is 1. The molecule has 1 aliphatic rings. The zero-order valence-electron chi connectivity index (χ0n) is 16.4. The molecule has 1 amide bonds. The van der Waals surface area contributed by atoms with Crippen molar-refractivity contribution in [3.63, 3.8) is 0 Å². The van der Waals surface area contributed by atoms with E-state index in [2.05, 4.69) is 5.32 Å². The van der Waals surface area contributed by atoms with Crippen LogP contribution in [-0.4, -0.2) is 38.0 Å². The van der Waals surface area contributed by atoms with Crippen molar-refractivity contribution in [1.29, 1.82) is 0 Å². The van der Waals surface area contributed by atoms with Gasteiger partial charge in [0.15, 0.2) is 0 Å². The highest BCUT2D eigenvalue weighted by Crippen LogP contribution is 2.36. The first-order valence-corrected chi connectivity index (χ1v) is 12.4. The van der Waals surface area contributed by atoms with E-state index in [1.807, 2.05) is 6.26 Å². The van der Waals surface area contributed by atoms with Crippen LogP contribution in [0.4, 0.5) is 18.9 Å². The summed E-state index contributed by atoms with van der Waals surface area (Å²) in [5, 5.41) is 2.03. The van der Waals surface area contributed by atoms with E-state index >= 15 is 0 Å². The lowest BCUT2D eigenvalue weighted by Crippen LogP contribution is -2.41. The van der Waals surface area contributed by atoms with E-state index in [9.17, 15) is 26.4 Å². The van der Waals surface area contributed by atoms with Crippen molar-refractivity contribution >= 4 is 45.0 Å². The fourth-order valence-electron chi connectivity index (χ4n) is 3.32. The highest BCUT2D eigenvalue weighted by Gasteiger charge is 2.34. The fourth-order valence-corrected chi connectivity index (χ4v) is 5.42. The largest absolute Gasteiger partial charge is 0.417 e. The molecule has 0 radical (unpaired) electrons. The maximum absolute atomic E-state index is 13.0. The van der Waals surface area contributed by atoms with Gasteiger partial charge < -0.3 is 5.32 Å². The Bertz CT molecular complexity index is 1050. The van der Waals surface area contributed by atoms with Gasteiger partial charge in [-0.2, -0.15) is 17.5 Å². The second-order valence-electron chi connectivity index (χ2n) is 7.04. The van der Waals surface area contributed by atoms with Crippen molar-refractivity contribution in [3.8, 4) is 0 Å². The van der Waals surface area contributed by atoms with Crippen LogP contribution in [-0.2, 0) is 21.0 Å². The van der Waals surface area contributed by atoms with Gasteiger partial charge in [0.1, 0.15) is 0 Å². The number of thioether (sulfide) groups is 1. The molecule has 0 aliphatic carbocycles. The van der Waals surface area contributed by atoms with Crippen LogP contribution < -0.4 is 5.32 Å². The molecule has 0 spiro atoms. The average Bonchev–Trinajstić information content (AvgIpc) is 2.74. The van der Waals surface area contributed by atoms with E-state index in [-0.39, 0.29) is 36.5 Å². The molecule has 31 heavy (non-hydrogen) atoms. The number of sulfonamides is 1. The first-order valence-electron chi connectivity index (χ1n) is 9.34. The number of carbonyl (C=O) groups excluding carboxylic acids is 1. The third-order valence-corrected chi connectivity index (χ3v) is 8.05. The molecule has 1 N–H and O–H groups in total. The Hall–Kier alpha value is -1.75. The standard InChI is InChI=1S/C20H20ClF3N2O3S2/c1-30-15-3-5-16(6-4-15)31(28,29)26-10-8-13(9-11-26)19(27)25-14-2-7-18(21)17(12-14)20(22,23)24/h2-7,12-13H,8-11H2,1H3,(H,25,27). The first kappa shape index (κ1) is 23.9. The van der Waals surface area contributed by atoms with Gasteiger partial charge in [-0.1, -0.05) is 11.6 Å². The number of alkyl halides is 3. The Kier molecular flexibility index (Phi) is 7.25. The van der Waals surface area contributed by atoms with Crippen LogP contribution in [0.15, 0.2) is 52.3 Å². The van der Waals surface area contributed by atoms with Gasteiger partial charge in [0.2, 0.25) is 15.9 Å². The minimum absolute atomic E-state index is 0.00865. The van der Waals surface area contributed by atoms with Crippen LogP contribution in [0.5, 0.6) is 0 Å². The number of amides is 1. The molecule has 0 saturated carbocycles. The normalized spacial score (nSPS) is 16.3. The molecule has 168 valence electrons. The summed E-state index contributed by atoms with van der Waals surface area (Å²) in [4.78, 5) is 13.7. The van der Waals surface area contributed by atoms with E-state index in [1.165, 1.54) is 22.1 Å². The molecule has 1 heterocycles. The third kappa shape index (κ3) is 5.54. The summed E-state index contributed by atoms with van der Waals surface area (Å²) in [6.45, 7) is 0.304. The number of nitrogens with zero attached hydrogens (tertiary/aromatic N) is 1. The van der Waals surface area contributed by atoms with Crippen LogP contribution in [0.1, 0.15) is 18.4 Å². The number of nitrogens with one attached hydrogen (secondary N) is 1. The number of anilines is 1. The molecule has 0 aromatic heterocycles. The van der Waals surface area contributed by atoms with Gasteiger partial charge in [-0.15, -0.1) is 11.8 Å². The van der Waals surface area contributed by atoms with Crippen LogP contribution in [0.3, 0.4) is 0 Å². The lowest BCUT2D eigenvalue weighted by molar-refractivity contribution is -0.137.